The first-order valence-electron chi connectivity index (χ1n) is 8.52. The lowest BCUT2D eigenvalue weighted by atomic mass is 10.1. The first kappa shape index (κ1) is 18.5. The number of pyridine rings is 1. The van der Waals surface area contributed by atoms with Crippen molar-refractivity contribution >= 4 is 34.3 Å². The second kappa shape index (κ2) is 7.64. The molecule has 4 aromatic rings. The quantitative estimate of drug-likeness (QED) is 0.503. The monoisotopic (exact) mass is 407 g/mol. The van der Waals surface area contributed by atoms with Crippen LogP contribution in [-0.4, -0.2) is 37.0 Å². The average Bonchev–Trinajstić information content (AvgIpc) is 3.26. The highest BCUT2D eigenvalue weighted by Gasteiger charge is 2.14. The number of halogens is 1. The summed E-state index contributed by atoms with van der Waals surface area (Å²) in [6, 6.07) is 13.5. The van der Waals surface area contributed by atoms with E-state index in [-0.39, 0.29) is 0 Å². The Morgan fingerprint density at radius 2 is 1.76 bits per heavy atom. The van der Waals surface area contributed by atoms with E-state index in [2.05, 4.69) is 31.4 Å². The number of aryl methyl sites for hydroxylation is 1. The van der Waals surface area contributed by atoms with Crippen molar-refractivity contribution in [2.75, 3.05) is 0 Å². The summed E-state index contributed by atoms with van der Waals surface area (Å²) in [6.07, 6.45) is 1.45. The van der Waals surface area contributed by atoms with E-state index in [1.165, 1.54) is 11.0 Å². The van der Waals surface area contributed by atoms with Crippen molar-refractivity contribution in [2.45, 2.75) is 6.92 Å². The van der Waals surface area contributed by atoms with Crippen LogP contribution in [0.15, 0.2) is 54.9 Å². The van der Waals surface area contributed by atoms with Crippen molar-refractivity contribution in [3.8, 4) is 5.69 Å². The van der Waals surface area contributed by atoms with Crippen LogP contribution in [0.4, 0.5) is 0 Å². The molecule has 0 saturated carbocycles. The van der Waals surface area contributed by atoms with E-state index in [9.17, 15) is 9.59 Å². The van der Waals surface area contributed by atoms with Crippen molar-refractivity contribution in [3.05, 3.63) is 76.7 Å². The maximum Gasteiger partial charge on any atom is 0.271 e. The molecule has 0 saturated heterocycles. The summed E-state index contributed by atoms with van der Waals surface area (Å²) in [7, 11) is 0. The molecular weight excluding hydrogens is 394 g/mol. The minimum atomic E-state index is -0.476. The molecule has 2 N–H and O–H groups in total. The van der Waals surface area contributed by atoms with E-state index in [4.69, 9.17) is 11.6 Å². The molecule has 2 aromatic carbocycles. The van der Waals surface area contributed by atoms with E-state index < -0.39 is 11.8 Å². The lowest BCUT2D eigenvalue weighted by Crippen LogP contribution is -2.41. The molecule has 0 aliphatic rings. The molecule has 0 radical (unpaired) electrons. The summed E-state index contributed by atoms with van der Waals surface area (Å²) < 4.78 is 1.46. The van der Waals surface area contributed by atoms with Crippen molar-refractivity contribution < 1.29 is 9.59 Å². The van der Waals surface area contributed by atoms with Gasteiger partial charge in [-0.2, -0.15) is 0 Å². The van der Waals surface area contributed by atoms with Gasteiger partial charge < -0.3 is 0 Å². The molecule has 144 valence electrons. The summed E-state index contributed by atoms with van der Waals surface area (Å²) in [5.41, 5.74) is 7.49. The van der Waals surface area contributed by atoms with E-state index in [1.54, 1.807) is 55.5 Å². The van der Waals surface area contributed by atoms with Gasteiger partial charge in [-0.15, -0.1) is 5.10 Å². The molecule has 0 aliphatic carbocycles. The Morgan fingerprint density at radius 3 is 2.48 bits per heavy atom. The second-order valence-electron chi connectivity index (χ2n) is 6.17. The fourth-order valence-corrected chi connectivity index (χ4v) is 2.95. The molecule has 0 unspecified atom stereocenters. The number of carbonyl (C=O) groups is 2. The summed E-state index contributed by atoms with van der Waals surface area (Å²) in [6.45, 7) is 1.72. The molecule has 9 nitrogen and oxygen atoms in total. The van der Waals surface area contributed by atoms with E-state index in [0.717, 1.165) is 10.9 Å². The fourth-order valence-electron chi connectivity index (χ4n) is 2.77. The second-order valence-corrected chi connectivity index (χ2v) is 6.60. The number of benzene rings is 2. The first-order valence-corrected chi connectivity index (χ1v) is 8.90. The van der Waals surface area contributed by atoms with Crippen LogP contribution in [0.3, 0.4) is 0 Å². The number of fused-ring (bicyclic) bond motifs is 1. The van der Waals surface area contributed by atoms with Gasteiger partial charge in [0.1, 0.15) is 6.33 Å². The Bertz CT molecular complexity index is 1210. The number of nitrogens with zero attached hydrogens (tertiary/aromatic N) is 5. The zero-order valence-corrected chi connectivity index (χ0v) is 15.9. The summed E-state index contributed by atoms with van der Waals surface area (Å²) in [5.74, 6) is -0.938. The van der Waals surface area contributed by atoms with Crippen LogP contribution in [0.5, 0.6) is 0 Å². The molecule has 2 aromatic heterocycles. The summed E-state index contributed by atoms with van der Waals surface area (Å²) in [4.78, 5) is 29.2. The molecule has 0 bridgehead atoms. The SMILES string of the molecule is Cc1nc2ccc(Cl)cc2cc1C(=O)NNC(=O)c1ccc(-n2cnnn2)cc1. The smallest absolute Gasteiger partial charge is 0.267 e. The third kappa shape index (κ3) is 3.90. The van der Waals surface area contributed by atoms with Crippen molar-refractivity contribution in [1.82, 2.24) is 36.0 Å². The zero-order chi connectivity index (χ0) is 20.4. The first-order chi connectivity index (χ1) is 14.0. The largest absolute Gasteiger partial charge is 0.271 e. The van der Waals surface area contributed by atoms with Crippen LogP contribution in [0.25, 0.3) is 16.6 Å². The van der Waals surface area contributed by atoms with Gasteiger partial charge >= 0.3 is 0 Å². The number of hydrogen-bond donors (Lipinski definition) is 2. The van der Waals surface area contributed by atoms with Crippen LogP contribution < -0.4 is 10.9 Å². The third-order valence-electron chi connectivity index (χ3n) is 4.24. The molecular formula is C19H14ClN7O2. The molecule has 4 rings (SSSR count). The van der Waals surface area contributed by atoms with Gasteiger partial charge in [0.05, 0.1) is 22.5 Å². The topological polar surface area (TPSA) is 115 Å². The fraction of sp³-hybridized carbons (Fsp3) is 0.0526. The van der Waals surface area contributed by atoms with E-state index in [0.29, 0.717) is 27.5 Å². The maximum absolute atomic E-state index is 12.5. The van der Waals surface area contributed by atoms with Crippen LogP contribution in [0.1, 0.15) is 26.4 Å². The lowest BCUT2D eigenvalue weighted by molar-refractivity contribution is 0.0846. The van der Waals surface area contributed by atoms with Gasteiger partial charge in [0, 0.05) is 16.0 Å². The number of tetrazole rings is 1. The van der Waals surface area contributed by atoms with Gasteiger partial charge in [-0.3, -0.25) is 25.4 Å². The Labute approximate surface area is 169 Å². The van der Waals surface area contributed by atoms with Gasteiger partial charge in [-0.05, 0) is 65.9 Å². The number of carbonyl (C=O) groups excluding carboxylic acids is 2. The highest BCUT2D eigenvalue weighted by Crippen LogP contribution is 2.20. The molecule has 0 atom stereocenters. The Hall–Kier alpha value is -3.85. The zero-order valence-electron chi connectivity index (χ0n) is 15.1. The van der Waals surface area contributed by atoms with Crippen molar-refractivity contribution in [2.24, 2.45) is 0 Å². The number of hydrazine groups is 1. The normalized spacial score (nSPS) is 10.7. The number of hydrogen-bond acceptors (Lipinski definition) is 6. The Balaban J connectivity index is 1.46. The van der Waals surface area contributed by atoms with Crippen LogP contribution in [0.2, 0.25) is 5.02 Å². The van der Waals surface area contributed by atoms with Crippen molar-refractivity contribution in [1.29, 1.82) is 0 Å². The van der Waals surface area contributed by atoms with E-state index in [1.807, 2.05) is 0 Å². The predicted octanol–water partition coefficient (Wildman–Crippen LogP) is 2.25. The standard InChI is InChI=1S/C19H14ClN7O2/c1-11-16(9-13-8-14(20)4-7-17(13)22-11)19(29)24-23-18(28)12-2-5-15(6-3-12)27-10-21-25-26-27/h2-10H,1H3,(H,23,28)(H,24,29). The van der Waals surface area contributed by atoms with Gasteiger partial charge in [-0.1, -0.05) is 11.6 Å². The number of amides is 2. The number of rotatable bonds is 3. The summed E-state index contributed by atoms with van der Waals surface area (Å²) in [5, 5.41) is 12.2. The van der Waals surface area contributed by atoms with Gasteiger partial charge in [-0.25, -0.2) is 4.68 Å². The van der Waals surface area contributed by atoms with Crippen LogP contribution >= 0.6 is 11.6 Å². The molecule has 0 aliphatic heterocycles. The molecule has 10 heteroatoms. The molecule has 2 amide bonds. The van der Waals surface area contributed by atoms with Gasteiger partial charge in [0.2, 0.25) is 0 Å². The Kier molecular flexibility index (Phi) is 4.88. The van der Waals surface area contributed by atoms with Crippen LogP contribution in [-0.2, 0) is 0 Å². The molecule has 29 heavy (non-hydrogen) atoms. The number of aromatic nitrogens is 5. The molecule has 0 spiro atoms. The molecule has 0 fully saturated rings. The average molecular weight is 408 g/mol. The molecule has 2 heterocycles. The predicted molar refractivity (Wildman–Crippen MR) is 106 cm³/mol. The van der Waals surface area contributed by atoms with Gasteiger partial charge in [0.15, 0.2) is 0 Å². The third-order valence-corrected chi connectivity index (χ3v) is 4.48. The highest BCUT2D eigenvalue weighted by atomic mass is 35.5. The van der Waals surface area contributed by atoms with Crippen molar-refractivity contribution in [3.63, 3.8) is 0 Å². The summed E-state index contributed by atoms with van der Waals surface area (Å²) >= 11 is 6.01. The van der Waals surface area contributed by atoms with E-state index >= 15 is 0 Å². The Morgan fingerprint density at radius 1 is 1.00 bits per heavy atom. The highest BCUT2D eigenvalue weighted by molar-refractivity contribution is 6.31. The lowest BCUT2D eigenvalue weighted by Gasteiger charge is -2.10. The van der Waals surface area contributed by atoms with Crippen LogP contribution in [0, 0.1) is 6.92 Å². The van der Waals surface area contributed by atoms with Gasteiger partial charge in [0.25, 0.3) is 11.8 Å². The maximum atomic E-state index is 12.5. The number of nitrogens with one attached hydrogen (secondary N) is 2. The minimum absolute atomic E-state index is 0.342. The minimum Gasteiger partial charge on any atom is -0.267 e.